The molecule has 0 aliphatic heterocycles. The Labute approximate surface area is 109 Å². The van der Waals surface area contributed by atoms with Crippen LogP contribution in [0.15, 0.2) is 18.2 Å². The van der Waals surface area contributed by atoms with Gasteiger partial charge in [-0.3, -0.25) is 0 Å². The molecule has 0 fully saturated rings. The highest BCUT2D eigenvalue weighted by atomic mass is 79.9. The van der Waals surface area contributed by atoms with Crippen LogP contribution in [0.25, 0.3) is 0 Å². The monoisotopic (exact) mass is 324 g/mol. The van der Waals surface area contributed by atoms with Crippen molar-refractivity contribution in [2.75, 3.05) is 13.4 Å². The predicted molar refractivity (Wildman–Crippen MR) is 68.9 cm³/mol. The van der Waals surface area contributed by atoms with Gasteiger partial charge in [0.2, 0.25) is 0 Å². The SMILES string of the molecule is COc1ccc(F)cc1C(Br)C(C)S(C)(=O)=O. The van der Waals surface area contributed by atoms with E-state index in [1.807, 2.05) is 0 Å². The largest absolute Gasteiger partial charge is 0.496 e. The van der Waals surface area contributed by atoms with Crippen molar-refractivity contribution in [3.05, 3.63) is 29.6 Å². The van der Waals surface area contributed by atoms with Crippen LogP contribution in [-0.4, -0.2) is 27.0 Å². The summed E-state index contributed by atoms with van der Waals surface area (Å²) in [5.41, 5.74) is 0.491. The van der Waals surface area contributed by atoms with Gasteiger partial charge in [0.15, 0.2) is 9.84 Å². The molecule has 0 saturated heterocycles. The molecule has 1 aromatic rings. The van der Waals surface area contributed by atoms with Gasteiger partial charge in [-0.1, -0.05) is 15.9 Å². The molecular weight excluding hydrogens is 311 g/mol. The molecule has 0 radical (unpaired) electrons. The molecular formula is C11H14BrFO3S. The lowest BCUT2D eigenvalue weighted by Gasteiger charge is -2.19. The Balaban J connectivity index is 3.19. The molecule has 0 spiro atoms. The van der Waals surface area contributed by atoms with Crippen molar-refractivity contribution in [1.82, 2.24) is 0 Å². The lowest BCUT2D eigenvalue weighted by Crippen LogP contribution is -2.21. The van der Waals surface area contributed by atoms with E-state index in [-0.39, 0.29) is 0 Å². The van der Waals surface area contributed by atoms with E-state index in [2.05, 4.69) is 15.9 Å². The molecule has 0 amide bonds. The van der Waals surface area contributed by atoms with Crippen LogP contribution >= 0.6 is 15.9 Å². The molecule has 0 saturated carbocycles. The van der Waals surface area contributed by atoms with Crippen LogP contribution in [0.1, 0.15) is 17.3 Å². The molecule has 2 unspecified atom stereocenters. The molecule has 17 heavy (non-hydrogen) atoms. The Morgan fingerprint density at radius 1 is 1.41 bits per heavy atom. The Morgan fingerprint density at radius 3 is 2.47 bits per heavy atom. The fraction of sp³-hybridized carbons (Fsp3) is 0.455. The van der Waals surface area contributed by atoms with Crippen LogP contribution in [0.5, 0.6) is 5.75 Å². The van der Waals surface area contributed by atoms with Crippen molar-refractivity contribution in [2.24, 2.45) is 0 Å². The van der Waals surface area contributed by atoms with Gasteiger partial charge >= 0.3 is 0 Å². The lowest BCUT2D eigenvalue weighted by molar-refractivity contribution is 0.408. The predicted octanol–water partition coefficient (Wildman–Crippen LogP) is 2.70. The minimum Gasteiger partial charge on any atom is -0.496 e. The van der Waals surface area contributed by atoms with Crippen LogP contribution in [0, 0.1) is 5.82 Å². The normalized spacial score (nSPS) is 15.4. The topological polar surface area (TPSA) is 43.4 Å². The number of benzene rings is 1. The first-order valence-corrected chi connectivity index (χ1v) is 7.80. The van der Waals surface area contributed by atoms with Gasteiger partial charge in [0, 0.05) is 11.8 Å². The van der Waals surface area contributed by atoms with Gasteiger partial charge in [0.25, 0.3) is 0 Å². The molecule has 0 heterocycles. The van der Waals surface area contributed by atoms with Crippen LogP contribution < -0.4 is 4.74 Å². The molecule has 6 heteroatoms. The maximum Gasteiger partial charge on any atom is 0.151 e. The van der Waals surface area contributed by atoms with Crippen LogP contribution in [0.2, 0.25) is 0 Å². The average Bonchev–Trinajstić information content (AvgIpc) is 2.25. The molecule has 96 valence electrons. The van der Waals surface area contributed by atoms with E-state index < -0.39 is 25.7 Å². The standard InChI is InChI=1S/C11H14BrFO3S/c1-7(17(3,14)15)11(12)9-6-8(13)4-5-10(9)16-2/h4-7,11H,1-3H3. The minimum absolute atomic E-state index is 0.425. The van der Waals surface area contributed by atoms with Gasteiger partial charge < -0.3 is 4.74 Å². The number of ether oxygens (including phenoxy) is 1. The summed E-state index contributed by atoms with van der Waals surface area (Å²) in [7, 11) is -1.75. The molecule has 0 N–H and O–H groups in total. The summed E-state index contributed by atoms with van der Waals surface area (Å²) in [5.74, 6) is 0.0368. The van der Waals surface area contributed by atoms with Gasteiger partial charge in [0.05, 0.1) is 17.2 Å². The van der Waals surface area contributed by atoms with Crippen molar-refractivity contribution in [3.63, 3.8) is 0 Å². The van der Waals surface area contributed by atoms with Gasteiger partial charge in [-0.15, -0.1) is 0 Å². The Hall–Kier alpha value is -0.620. The molecule has 0 bridgehead atoms. The zero-order valence-electron chi connectivity index (χ0n) is 9.78. The fourth-order valence-corrected chi connectivity index (χ4v) is 3.51. The highest BCUT2D eigenvalue weighted by molar-refractivity contribution is 9.09. The van der Waals surface area contributed by atoms with Crippen molar-refractivity contribution in [3.8, 4) is 5.75 Å². The zero-order chi connectivity index (χ0) is 13.2. The van der Waals surface area contributed by atoms with Gasteiger partial charge in [-0.25, -0.2) is 12.8 Å². The first-order chi connectivity index (χ1) is 7.77. The second-order valence-corrected chi connectivity index (χ2v) is 7.21. The number of sulfone groups is 1. The highest BCUT2D eigenvalue weighted by Crippen LogP contribution is 2.36. The molecule has 2 atom stereocenters. The first kappa shape index (κ1) is 14.4. The maximum absolute atomic E-state index is 13.2. The third-order valence-electron chi connectivity index (χ3n) is 2.58. The van der Waals surface area contributed by atoms with E-state index >= 15 is 0 Å². The summed E-state index contributed by atoms with van der Waals surface area (Å²) in [4.78, 5) is -0.511. The molecule has 0 aliphatic rings. The smallest absolute Gasteiger partial charge is 0.151 e. The number of alkyl halides is 1. The number of methoxy groups -OCH3 is 1. The third-order valence-corrected chi connectivity index (χ3v) is 5.84. The lowest BCUT2D eigenvalue weighted by atomic mass is 10.1. The van der Waals surface area contributed by atoms with Crippen molar-refractivity contribution in [2.45, 2.75) is 17.0 Å². The molecule has 0 aliphatic carbocycles. The van der Waals surface area contributed by atoms with Gasteiger partial charge in [0.1, 0.15) is 11.6 Å². The van der Waals surface area contributed by atoms with E-state index in [0.717, 1.165) is 6.26 Å². The van der Waals surface area contributed by atoms with Crippen LogP contribution in [-0.2, 0) is 9.84 Å². The zero-order valence-corrected chi connectivity index (χ0v) is 12.2. The fourth-order valence-electron chi connectivity index (χ4n) is 1.39. The average molecular weight is 325 g/mol. The number of hydrogen-bond acceptors (Lipinski definition) is 3. The van der Waals surface area contributed by atoms with E-state index in [0.29, 0.717) is 11.3 Å². The Kier molecular flexibility index (Phi) is 4.55. The quantitative estimate of drug-likeness (QED) is 0.800. The molecule has 0 aromatic heterocycles. The van der Waals surface area contributed by atoms with Crippen LogP contribution in [0.4, 0.5) is 4.39 Å². The Morgan fingerprint density at radius 2 is 2.00 bits per heavy atom. The highest BCUT2D eigenvalue weighted by Gasteiger charge is 2.27. The third kappa shape index (κ3) is 3.42. The summed E-state index contributed by atoms with van der Waals surface area (Å²) in [6.45, 7) is 1.57. The number of hydrogen-bond donors (Lipinski definition) is 0. The number of rotatable bonds is 4. The van der Waals surface area contributed by atoms with E-state index in [1.54, 1.807) is 6.92 Å². The van der Waals surface area contributed by atoms with Crippen molar-refractivity contribution in [1.29, 1.82) is 0 Å². The summed E-state index contributed by atoms with van der Waals surface area (Å²) >= 11 is 3.29. The van der Waals surface area contributed by atoms with Crippen LogP contribution in [0.3, 0.4) is 0 Å². The van der Waals surface area contributed by atoms with E-state index in [9.17, 15) is 12.8 Å². The summed E-state index contributed by atoms with van der Waals surface area (Å²) in [6.07, 6.45) is 1.15. The Bertz CT molecular complexity index is 501. The van der Waals surface area contributed by atoms with Gasteiger partial charge in [-0.2, -0.15) is 0 Å². The van der Waals surface area contributed by atoms with Gasteiger partial charge in [-0.05, 0) is 25.1 Å². The number of halogens is 2. The molecule has 3 nitrogen and oxygen atoms in total. The van der Waals surface area contributed by atoms with Crippen molar-refractivity contribution >= 4 is 25.8 Å². The minimum atomic E-state index is -3.21. The van der Waals surface area contributed by atoms with E-state index in [4.69, 9.17) is 4.74 Å². The summed E-state index contributed by atoms with van der Waals surface area (Å²) in [6, 6.07) is 4.03. The second kappa shape index (κ2) is 5.35. The molecule has 1 aromatic carbocycles. The van der Waals surface area contributed by atoms with Crippen molar-refractivity contribution < 1.29 is 17.5 Å². The van der Waals surface area contributed by atoms with E-state index in [1.165, 1.54) is 25.3 Å². The second-order valence-electron chi connectivity index (χ2n) is 3.82. The first-order valence-electron chi connectivity index (χ1n) is 4.93. The molecule has 1 rings (SSSR count). The maximum atomic E-state index is 13.2. The summed E-state index contributed by atoms with van der Waals surface area (Å²) in [5, 5.41) is -0.668. The summed E-state index contributed by atoms with van der Waals surface area (Å²) < 4.78 is 41.2.